The van der Waals surface area contributed by atoms with Crippen LogP contribution < -0.4 is 10.1 Å². The number of amides is 2. The van der Waals surface area contributed by atoms with Crippen LogP contribution in [0.25, 0.3) is 0 Å². The molecule has 3 rings (SSSR count). The summed E-state index contributed by atoms with van der Waals surface area (Å²) < 4.78 is 5.31. The minimum absolute atomic E-state index is 0.0627. The van der Waals surface area contributed by atoms with E-state index in [9.17, 15) is 9.59 Å². The number of ether oxygens (including phenoxy) is 1. The molecule has 0 aromatic heterocycles. The summed E-state index contributed by atoms with van der Waals surface area (Å²) in [5.41, 5.74) is 0.986. The molecule has 1 N–H and O–H groups in total. The van der Waals surface area contributed by atoms with E-state index in [-0.39, 0.29) is 5.91 Å². The standard InChI is InChI=1S/C20H29N3O3/c1-26-18-6-3-2-5-16(18)15-21-19(24)10-14-22-12-8-17(9-13-22)23-11-4-7-20(23)25/h2-3,5-6,17H,4,7-15H2,1H3,(H,21,24). The van der Waals surface area contributed by atoms with E-state index in [0.717, 1.165) is 56.8 Å². The molecule has 0 saturated carbocycles. The molecule has 1 aromatic carbocycles. The number of benzene rings is 1. The van der Waals surface area contributed by atoms with Crippen molar-refractivity contribution < 1.29 is 14.3 Å². The molecular weight excluding hydrogens is 330 g/mol. The van der Waals surface area contributed by atoms with Gasteiger partial charge < -0.3 is 19.9 Å². The second kappa shape index (κ2) is 9.03. The van der Waals surface area contributed by atoms with E-state index in [1.165, 1.54) is 0 Å². The Labute approximate surface area is 155 Å². The smallest absolute Gasteiger partial charge is 0.222 e. The number of para-hydroxylation sites is 1. The van der Waals surface area contributed by atoms with Crippen molar-refractivity contribution in [3.63, 3.8) is 0 Å². The Bertz CT molecular complexity index is 626. The SMILES string of the molecule is COc1ccccc1CNC(=O)CCN1CCC(N2CCCC2=O)CC1. The Morgan fingerprint density at radius 2 is 2.00 bits per heavy atom. The van der Waals surface area contributed by atoms with Crippen molar-refractivity contribution in [1.82, 2.24) is 15.1 Å². The van der Waals surface area contributed by atoms with E-state index in [1.807, 2.05) is 24.3 Å². The van der Waals surface area contributed by atoms with E-state index in [2.05, 4.69) is 15.1 Å². The average Bonchev–Trinajstić information content (AvgIpc) is 3.11. The number of nitrogens with zero attached hydrogens (tertiary/aromatic N) is 2. The van der Waals surface area contributed by atoms with Gasteiger partial charge in [-0.1, -0.05) is 18.2 Å². The highest BCUT2D eigenvalue weighted by Gasteiger charge is 2.30. The molecule has 26 heavy (non-hydrogen) atoms. The number of rotatable bonds is 7. The van der Waals surface area contributed by atoms with Crippen LogP contribution in [0.3, 0.4) is 0 Å². The summed E-state index contributed by atoms with van der Waals surface area (Å²) in [7, 11) is 1.64. The van der Waals surface area contributed by atoms with Gasteiger partial charge in [0.15, 0.2) is 0 Å². The van der Waals surface area contributed by atoms with Gasteiger partial charge in [0.1, 0.15) is 5.75 Å². The lowest BCUT2D eigenvalue weighted by atomic mass is 10.0. The second-order valence-corrected chi connectivity index (χ2v) is 7.10. The summed E-state index contributed by atoms with van der Waals surface area (Å²) in [4.78, 5) is 28.4. The number of methoxy groups -OCH3 is 1. The molecular formula is C20H29N3O3. The zero-order valence-electron chi connectivity index (χ0n) is 15.6. The maximum atomic E-state index is 12.1. The van der Waals surface area contributed by atoms with Gasteiger partial charge in [-0.05, 0) is 25.3 Å². The van der Waals surface area contributed by atoms with Crippen molar-refractivity contribution in [2.45, 2.75) is 44.7 Å². The predicted octanol–water partition coefficient (Wildman–Crippen LogP) is 1.79. The second-order valence-electron chi connectivity index (χ2n) is 7.10. The van der Waals surface area contributed by atoms with Crippen molar-refractivity contribution >= 4 is 11.8 Å². The Hall–Kier alpha value is -2.08. The molecule has 0 bridgehead atoms. The lowest BCUT2D eigenvalue weighted by molar-refractivity contribution is -0.130. The van der Waals surface area contributed by atoms with Gasteiger partial charge in [-0.25, -0.2) is 0 Å². The maximum Gasteiger partial charge on any atom is 0.222 e. The third-order valence-corrected chi connectivity index (χ3v) is 5.43. The molecule has 1 aromatic rings. The molecule has 142 valence electrons. The summed E-state index contributed by atoms with van der Waals surface area (Å²) >= 11 is 0. The summed E-state index contributed by atoms with van der Waals surface area (Å²) in [6, 6.07) is 8.13. The predicted molar refractivity (Wildman–Crippen MR) is 99.9 cm³/mol. The van der Waals surface area contributed by atoms with E-state index < -0.39 is 0 Å². The Balaban J connectivity index is 1.35. The monoisotopic (exact) mass is 359 g/mol. The van der Waals surface area contributed by atoms with Gasteiger partial charge in [0.25, 0.3) is 0 Å². The molecule has 2 aliphatic rings. The van der Waals surface area contributed by atoms with Gasteiger partial charge in [0.2, 0.25) is 11.8 Å². The van der Waals surface area contributed by atoms with Gasteiger partial charge >= 0.3 is 0 Å². The highest BCUT2D eigenvalue weighted by molar-refractivity contribution is 5.78. The Kier molecular flexibility index (Phi) is 6.50. The van der Waals surface area contributed by atoms with Crippen LogP contribution in [0.5, 0.6) is 5.75 Å². The molecule has 0 radical (unpaired) electrons. The highest BCUT2D eigenvalue weighted by Crippen LogP contribution is 2.22. The zero-order chi connectivity index (χ0) is 18.4. The van der Waals surface area contributed by atoms with Gasteiger partial charge in [0.05, 0.1) is 7.11 Å². The van der Waals surface area contributed by atoms with Gasteiger partial charge in [-0.3, -0.25) is 9.59 Å². The Morgan fingerprint density at radius 3 is 2.69 bits per heavy atom. The summed E-state index contributed by atoms with van der Waals surface area (Å²) in [5.74, 6) is 1.18. The van der Waals surface area contributed by atoms with Crippen LogP contribution in [0.1, 0.15) is 37.7 Å². The largest absolute Gasteiger partial charge is 0.496 e. The number of likely N-dealkylation sites (tertiary alicyclic amines) is 2. The number of hydrogen-bond donors (Lipinski definition) is 1. The normalized spacial score (nSPS) is 19.0. The molecule has 6 heteroatoms. The molecule has 0 atom stereocenters. The van der Waals surface area contributed by atoms with E-state index in [4.69, 9.17) is 4.74 Å². The average molecular weight is 359 g/mol. The molecule has 2 amide bonds. The topological polar surface area (TPSA) is 61.9 Å². The first-order chi connectivity index (χ1) is 12.7. The van der Waals surface area contributed by atoms with Crippen molar-refractivity contribution in [2.24, 2.45) is 0 Å². The van der Waals surface area contributed by atoms with Crippen molar-refractivity contribution in [1.29, 1.82) is 0 Å². The van der Waals surface area contributed by atoms with Gasteiger partial charge in [0, 0.05) is 57.2 Å². The van der Waals surface area contributed by atoms with Gasteiger partial charge in [-0.15, -0.1) is 0 Å². The third kappa shape index (κ3) is 4.75. The van der Waals surface area contributed by atoms with E-state index >= 15 is 0 Å². The minimum atomic E-state index is 0.0627. The fraction of sp³-hybridized carbons (Fsp3) is 0.600. The maximum absolute atomic E-state index is 12.1. The first kappa shape index (κ1) is 18.7. The molecule has 2 heterocycles. The lowest BCUT2D eigenvalue weighted by Gasteiger charge is -2.36. The van der Waals surface area contributed by atoms with Crippen molar-refractivity contribution in [3.8, 4) is 5.75 Å². The van der Waals surface area contributed by atoms with Crippen LogP contribution >= 0.6 is 0 Å². The van der Waals surface area contributed by atoms with Crippen LogP contribution in [-0.4, -0.2) is 60.9 Å². The first-order valence-electron chi connectivity index (χ1n) is 9.58. The number of nitrogens with one attached hydrogen (secondary N) is 1. The first-order valence-corrected chi connectivity index (χ1v) is 9.58. The molecule has 6 nitrogen and oxygen atoms in total. The molecule has 2 fully saturated rings. The number of carbonyl (C=O) groups excluding carboxylic acids is 2. The number of carbonyl (C=O) groups is 2. The summed E-state index contributed by atoms with van der Waals surface area (Å²) in [6.45, 7) is 4.12. The van der Waals surface area contributed by atoms with Crippen LogP contribution in [0.2, 0.25) is 0 Å². The fourth-order valence-electron chi connectivity index (χ4n) is 3.90. The fourth-order valence-corrected chi connectivity index (χ4v) is 3.90. The Morgan fingerprint density at radius 1 is 1.23 bits per heavy atom. The molecule has 0 spiro atoms. The van der Waals surface area contributed by atoms with Crippen LogP contribution in [0.15, 0.2) is 24.3 Å². The molecule has 0 aliphatic carbocycles. The summed E-state index contributed by atoms with van der Waals surface area (Å²) in [5, 5.41) is 2.97. The van der Waals surface area contributed by atoms with Crippen LogP contribution in [-0.2, 0) is 16.1 Å². The summed E-state index contributed by atoms with van der Waals surface area (Å²) in [6.07, 6.45) is 4.27. The quantitative estimate of drug-likeness (QED) is 0.806. The van der Waals surface area contributed by atoms with Crippen LogP contribution in [0, 0.1) is 0 Å². The third-order valence-electron chi connectivity index (χ3n) is 5.43. The minimum Gasteiger partial charge on any atom is -0.496 e. The van der Waals surface area contributed by atoms with Crippen molar-refractivity contribution in [3.05, 3.63) is 29.8 Å². The zero-order valence-corrected chi connectivity index (χ0v) is 15.6. The highest BCUT2D eigenvalue weighted by atomic mass is 16.5. The van der Waals surface area contributed by atoms with E-state index in [0.29, 0.717) is 31.3 Å². The van der Waals surface area contributed by atoms with Crippen molar-refractivity contribution in [2.75, 3.05) is 33.3 Å². The van der Waals surface area contributed by atoms with Gasteiger partial charge in [-0.2, -0.15) is 0 Å². The lowest BCUT2D eigenvalue weighted by Crippen LogP contribution is -2.46. The van der Waals surface area contributed by atoms with E-state index in [1.54, 1.807) is 7.11 Å². The number of hydrogen-bond acceptors (Lipinski definition) is 4. The number of piperidine rings is 1. The molecule has 2 aliphatic heterocycles. The molecule has 0 unspecified atom stereocenters. The van der Waals surface area contributed by atoms with Crippen LogP contribution in [0.4, 0.5) is 0 Å². The molecule has 2 saturated heterocycles.